The van der Waals surface area contributed by atoms with Crippen molar-refractivity contribution in [3.8, 4) is 23.0 Å². The molecule has 0 radical (unpaired) electrons. The molecular weight excluding hydrogens is 396 g/mol. The third-order valence-corrected chi connectivity index (χ3v) is 4.35. The number of fused-ring (bicyclic) bond motifs is 2. The molecule has 2 aliphatic heterocycles. The Kier molecular flexibility index (Phi) is 5.29. The highest BCUT2D eigenvalue weighted by atomic mass is 16.7. The molecular formula is C20H18N2O8. The highest BCUT2D eigenvalue weighted by molar-refractivity contribution is 5.98. The molecule has 0 saturated carbocycles. The second-order valence-corrected chi connectivity index (χ2v) is 6.44. The molecule has 2 aromatic carbocycles. The number of anilines is 1. The van der Waals surface area contributed by atoms with E-state index in [1.54, 1.807) is 30.3 Å². The van der Waals surface area contributed by atoms with E-state index in [2.05, 4.69) is 10.6 Å². The first kappa shape index (κ1) is 19.4. The highest BCUT2D eigenvalue weighted by Crippen LogP contribution is 2.34. The largest absolute Gasteiger partial charge is 0.454 e. The number of amides is 2. The fraction of sp³-hybridized carbons (Fsp3) is 0.250. The lowest BCUT2D eigenvalue weighted by Gasteiger charge is -2.14. The summed E-state index contributed by atoms with van der Waals surface area (Å²) < 4.78 is 25.9. The average molecular weight is 414 g/mol. The van der Waals surface area contributed by atoms with E-state index in [4.69, 9.17) is 23.7 Å². The monoisotopic (exact) mass is 414 g/mol. The fourth-order valence-corrected chi connectivity index (χ4v) is 2.80. The lowest BCUT2D eigenvalue weighted by Crippen LogP contribution is -2.35. The standard InChI is InChI=1S/C20H18N2O8/c1-11(19(24)22-13-3-5-15-17(7-13)29-10-27-15)30-18(23)8-21-20(25)12-2-4-14-16(6-12)28-9-26-14/h2-7,11H,8-10H2,1H3,(H,21,25)(H,22,24)/t11-/m0/s1. The van der Waals surface area contributed by atoms with E-state index >= 15 is 0 Å². The molecule has 30 heavy (non-hydrogen) atoms. The van der Waals surface area contributed by atoms with E-state index in [0.717, 1.165) is 0 Å². The molecule has 0 fully saturated rings. The third-order valence-electron chi connectivity index (χ3n) is 4.35. The minimum Gasteiger partial charge on any atom is -0.454 e. The lowest BCUT2D eigenvalue weighted by atomic mass is 10.2. The van der Waals surface area contributed by atoms with Gasteiger partial charge in [0.25, 0.3) is 11.8 Å². The predicted molar refractivity (Wildman–Crippen MR) is 102 cm³/mol. The van der Waals surface area contributed by atoms with Crippen molar-refractivity contribution in [1.82, 2.24) is 5.32 Å². The Morgan fingerprint density at radius 3 is 2.30 bits per heavy atom. The predicted octanol–water partition coefficient (Wildman–Crippen LogP) is 1.44. The van der Waals surface area contributed by atoms with Crippen LogP contribution in [0.5, 0.6) is 23.0 Å². The van der Waals surface area contributed by atoms with E-state index in [-0.39, 0.29) is 13.6 Å². The van der Waals surface area contributed by atoms with Gasteiger partial charge in [0.15, 0.2) is 29.1 Å². The molecule has 4 rings (SSSR count). The van der Waals surface area contributed by atoms with E-state index in [0.29, 0.717) is 34.2 Å². The molecule has 0 saturated heterocycles. The molecule has 0 aliphatic carbocycles. The molecule has 156 valence electrons. The van der Waals surface area contributed by atoms with Crippen LogP contribution in [0.15, 0.2) is 36.4 Å². The van der Waals surface area contributed by atoms with Crippen molar-refractivity contribution in [2.75, 3.05) is 25.4 Å². The molecule has 2 amide bonds. The Labute approximate surface area is 171 Å². The summed E-state index contributed by atoms with van der Waals surface area (Å²) in [4.78, 5) is 36.4. The Hall–Kier alpha value is -3.95. The summed E-state index contributed by atoms with van der Waals surface area (Å²) in [5.41, 5.74) is 0.781. The molecule has 0 aromatic heterocycles. The second kappa shape index (κ2) is 8.19. The molecule has 10 nitrogen and oxygen atoms in total. The zero-order chi connectivity index (χ0) is 21.1. The van der Waals surface area contributed by atoms with Gasteiger partial charge in [0.05, 0.1) is 0 Å². The van der Waals surface area contributed by atoms with Crippen LogP contribution in [0, 0.1) is 0 Å². The normalized spacial score (nSPS) is 14.0. The van der Waals surface area contributed by atoms with Gasteiger partial charge in [-0.2, -0.15) is 0 Å². The molecule has 0 spiro atoms. The van der Waals surface area contributed by atoms with E-state index in [1.807, 2.05) is 0 Å². The van der Waals surface area contributed by atoms with Crippen LogP contribution in [0.1, 0.15) is 17.3 Å². The molecule has 2 aromatic rings. The SMILES string of the molecule is C[C@H](OC(=O)CNC(=O)c1ccc2c(c1)OCO2)C(=O)Nc1ccc2c(c1)OCO2. The maximum absolute atomic E-state index is 12.2. The van der Waals surface area contributed by atoms with Gasteiger partial charge in [0.1, 0.15) is 6.54 Å². The van der Waals surface area contributed by atoms with Crippen molar-refractivity contribution >= 4 is 23.5 Å². The van der Waals surface area contributed by atoms with Gasteiger partial charge in [-0.3, -0.25) is 14.4 Å². The Balaban J connectivity index is 1.25. The number of carbonyl (C=O) groups is 3. The molecule has 1 atom stereocenters. The first-order valence-electron chi connectivity index (χ1n) is 9.07. The summed E-state index contributed by atoms with van der Waals surface area (Å²) in [7, 11) is 0. The van der Waals surface area contributed by atoms with E-state index < -0.39 is 30.4 Å². The number of ether oxygens (including phenoxy) is 5. The van der Waals surface area contributed by atoms with Crippen molar-refractivity contribution < 1.29 is 38.1 Å². The first-order valence-corrected chi connectivity index (χ1v) is 9.07. The van der Waals surface area contributed by atoms with Crippen molar-refractivity contribution in [3.05, 3.63) is 42.0 Å². The van der Waals surface area contributed by atoms with E-state index in [1.165, 1.54) is 13.0 Å². The molecule has 2 heterocycles. The van der Waals surface area contributed by atoms with Crippen LogP contribution >= 0.6 is 0 Å². The zero-order valence-corrected chi connectivity index (χ0v) is 15.9. The lowest BCUT2D eigenvalue weighted by molar-refractivity contribution is -0.152. The Morgan fingerprint density at radius 1 is 0.933 bits per heavy atom. The van der Waals surface area contributed by atoms with Gasteiger partial charge in [-0.1, -0.05) is 0 Å². The Morgan fingerprint density at radius 2 is 1.57 bits per heavy atom. The molecule has 2 aliphatic rings. The average Bonchev–Trinajstić information content (AvgIpc) is 3.40. The molecule has 10 heteroatoms. The maximum atomic E-state index is 12.2. The van der Waals surface area contributed by atoms with Gasteiger partial charge in [-0.25, -0.2) is 0 Å². The van der Waals surface area contributed by atoms with Crippen LogP contribution in [0.2, 0.25) is 0 Å². The summed E-state index contributed by atoms with van der Waals surface area (Å²) in [6.45, 7) is 1.26. The first-order chi connectivity index (χ1) is 14.5. The van der Waals surface area contributed by atoms with Crippen LogP contribution in [0.25, 0.3) is 0 Å². The number of esters is 1. The summed E-state index contributed by atoms with van der Waals surface area (Å²) >= 11 is 0. The summed E-state index contributed by atoms with van der Waals surface area (Å²) in [5.74, 6) is 0.353. The van der Waals surface area contributed by atoms with Crippen LogP contribution < -0.4 is 29.6 Å². The second-order valence-electron chi connectivity index (χ2n) is 6.44. The topological polar surface area (TPSA) is 121 Å². The van der Waals surface area contributed by atoms with Gasteiger partial charge in [-0.05, 0) is 37.3 Å². The zero-order valence-electron chi connectivity index (χ0n) is 15.9. The number of benzene rings is 2. The van der Waals surface area contributed by atoms with Gasteiger partial charge in [0, 0.05) is 17.3 Å². The van der Waals surface area contributed by atoms with Gasteiger partial charge < -0.3 is 34.3 Å². The summed E-state index contributed by atoms with van der Waals surface area (Å²) in [6.07, 6.45) is -1.06. The number of hydrogen-bond acceptors (Lipinski definition) is 8. The number of rotatable bonds is 6. The van der Waals surface area contributed by atoms with Crippen molar-refractivity contribution in [2.24, 2.45) is 0 Å². The number of carbonyl (C=O) groups excluding carboxylic acids is 3. The number of nitrogens with one attached hydrogen (secondary N) is 2. The van der Waals surface area contributed by atoms with Crippen molar-refractivity contribution in [1.29, 1.82) is 0 Å². The molecule has 0 bridgehead atoms. The minimum atomic E-state index is -1.06. The van der Waals surface area contributed by atoms with Gasteiger partial charge in [-0.15, -0.1) is 0 Å². The van der Waals surface area contributed by atoms with Gasteiger partial charge >= 0.3 is 5.97 Å². The summed E-state index contributed by atoms with van der Waals surface area (Å²) in [5, 5.41) is 5.07. The van der Waals surface area contributed by atoms with Crippen LogP contribution in [0.3, 0.4) is 0 Å². The smallest absolute Gasteiger partial charge is 0.326 e. The quantitative estimate of drug-likeness (QED) is 0.681. The molecule has 2 N–H and O–H groups in total. The van der Waals surface area contributed by atoms with Crippen LogP contribution in [0.4, 0.5) is 5.69 Å². The fourth-order valence-electron chi connectivity index (χ4n) is 2.80. The third kappa shape index (κ3) is 4.22. The maximum Gasteiger partial charge on any atom is 0.326 e. The van der Waals surface area contributed by atoms with Gasteiger partial charge in [0.2, 0.25) is 13.6 Å². The van der Waals surface area contributed by atoms with E-state index in [9.17, 15) is 14.4 Å². The molecule has 0 unspecified atom stereocenters. The van der Waals surface area contributed by atoms with Crippen LogP contribution in [-0.2, 0) is 14.3 Å². The highest BCUT2D eigenvalue weighted by Gasteiger charge is 2.21. The van der Waals surface area contributed by atoms with Crippen LogP contribution in [-0.4, -0.2) is 44.0 Å². The Bertz CT molecular complexity index is 1010. The summed E-state index contributed by atoms with van der Waals surface area (Å²) in [6, 6.07) is 9.60. The number of hydrogen-bond donors (Lipinski definition) is 2. The van der Waals surface area contributed by atoms with Crippen molar-refractivity contribution in [2.45, 2.75) is 13.0 Å². The minimum absolute atomic E-state index is 0.0962. The van der Waals surface area contributed by atoms with Crippen molar-refractivity contribution in [3.63, 3.8) is 0 Å².